The highest BCUT2D eigenvalue weighted by atomic mass is 32.2. The Morgan fingerprint density at radius 3 is 2.48 bits per heavy atom. The molecule has 0 atom stereocenters. The maximum Gasteiger partial charge on any atom is 0.240 e. The summed E-state index contributed by atoms with van der Waals surface area (Å²) in [5.74, 6) is 0.467. The summed E-state index contributed by atoms with van der Waals surface area (Å²) in [7, 11) is -3.72. The van der Waals surface area contributed by atoms with Crippen LogP contribution in [0.2, 0.25) is 0 Å². The molecule has 4 aromatic rings. The lowest BCUT2D eigenvalue weighted by atomic mass is 10.2. The van der Waals surface area contributed by atoms with Gasteiger partial charge in [0.2, 0.25) is 15.9 Å². The summed E-state index contributed by atoms with van der Waals surface area (Å²) in [5.41, 5.74) is 2.80. The summed E-state index contributed by atoms with van der Waals surface area (Å²) in [4.78, 5) is 24.3. The van der Waals surface area contributed by atoms with Crippen LogP contribution >= 0.6 is 0 Å². The van der Waals surface area contributed by atoms with Crippen molar-refractivity contribution in [2.45, 2.75) is 18.4 Å². The molecular weight excluding hydrogens is 416 g/mol. The van der Waals surface area contributed by atoms with E-state index in [1.807, 2.05) is 28.8 Å². The number of nitrogens with zero attached hydrogens (tertiary/aromatic N) is 4. The molecule has 0 saturated heterocycles. The predicted molar refractivity (Wildman–Crippen MR) is 117 cm³/mol. The monoisotopic (exact) mass is 436 g/mol. The summed E-state index contributed by atoms with van der Waals surface area (Å²) in [5, 5.41) is 2.61. The Bertz CT molecular complexity index is 1320. The average Bonchev–Trinajstić information content (AvgIpc) is 3.13. The minimum absolute atomic E-state index is 0.115. The highest BCUT2D eigenvalue weighted by molar-refractivity contribution is 7.89. The van der Waals surface area contributed by atoms with Crippen LogP contribution in [-0.2, 0) is 21.4 Å². The van der Waals surface area contributed by atoms with Crippen molar-refractivity contribution in [3.63, 3.8) is 0 Å². The van der Waals surface area contributed by atoms with Gasteiger partial charge in [-0.1, -0.05) is 0 Å². The maximum absolute atomic E-state index is 12.7. The molecule has 9 nitrogen and oxygen atoms in total. The Morgan fingerprint density at radius 1 is 1.03 bits per heavy atom. The molecule has 2 N–H and O–H groups in total. The largest absolute Gasteiger partial charge is 0.326 e. The van der Waals surface area contributed by atoms with E-state index in [4.69, 9.17) is 0 Å². The molecule has 0 fully saturated rings. The maximum atomic E-state index is 12.7. The number of hydrogen-bond donors (Lipinski definition) is 2. The topological polar surface area (TPSA) is 119 Å². The highest BCUT2D eigenvalue weighted by Gasteiger charge is 2.16. The molecule has 0 aliphatic heterocycles. The van der Waals surface area contributed by atoms with Crippen LogP contribution in [0.5, 0.6) is 0 Å². The number of rotatable bonds is 7. The van der Waals surface area contributed by atoms with Crippen molar-refractivity contribution in [2.75, 3.05) is 11.9 Å². The van der Waals surface area contributed by atoms with Crippen LogP contribution in [0.25, 0.3) is 22.6 Å². The van der Waals surface area contributed by atoms with Gasteiger partial charge in [0.1, 0.15) is 11.3 Å². The van der Waals surface area contributed by atoms with Gasteiger partial charge in [0.05, 0.1) is 4.90 Å². The van der Waals surface area contributed by atoms with Crippen molar-refractivity contribution < 1.29 is 13.2 Å². The molecule has 10 heteroatoms. The summed E-state index contributed by atoms with van der Waals surface area (Å²) < 4.78 is 29.8. The minimum Gasteiger partial charge on any atom is -0.326 e. The number of aromatic nitrogens is 4. The van der Waals surface area contributed by atoms with Crippen molar-refractivity contribution >= 4 is 32.8 Å². The van der Waals surface area contributed by atoms with E-state index in [1.165, 1.54) is 19.1 Å². The zero-order valence-electron chi connectivity index (χ0n) is 16.7. The number of anilines is 1. The number of nitrogens with one attached hydrogen (secondary N) is 2. The lowest BCUT2D eigenvalue weighted by Gasteiger charge is -2.11. The molecule has 0 saturated carbocycles. The average molecular weight is 436 g/mol. The van der Waals surface area contributed by atoms with Gasteiger partial charge in [-0.2, -0.15) is 0 Å². The Labute approximate surface area is 179 Å². The zero-order valence-corrected chi connectivity index (χ0v) is 17.5. The van der Waals surface area contributed by atoms with Crippen LogP contribution < -0.4 is 10.0 Å². The number of fused-ring (bicyclic) bond motifs is 1. The standard InChI is InChI=1S/C21H20N6O3S/c1-15(28)25-17-4-6-18(7-5-17)31(29,30)24-13-14-27-20(16-8-11-22-12-9-16)26-19-3-2-10-23-21(19)27/h2-12,24H,13-14H2,1H3,(H,25,28). The predicted octanol–water partition coefficient (Wildman–Crippen LogP) is 2.43. The second-order valence-corrected chi connectivity index (χ2v) is 8.54. The van der Waals surface area contributed by atoms with E-state index in [2.05, 4.69) is 25.0 Å². The lowest BCUT2D eigenvalue weighted by molar-refractivity contribution is -0.114. The first-order chi connectivity index (χ1) is 14.9. The Hall–Kier alpha value is -3.63. The third kappa shape index (κ3) is 4.60. The molecule has 4 rings (SSSR count). The molecule has 0 aliphatic rings. The van der Waals surface area contributed by atoms with E-state index >= 15 is 0 Å². The van der Waals surface area contributed by atoms with E-state index in [0.29, 0.717) is 23.7 Å². The SMILES string of the molecule is CC(=O)Nc1ccc(S(=O)(=O)NCCn2c(-c3ccncc3)nc3cccnc32)cc1. The van der Waals surface area contributed by atoms with Crippen molar-refractivity contribution in [2.24, 2.45) is 0 Å². The summed E-state index contributed by atoms with van der Waals surface area (Å²) in [6, 6.07) is 13.4. The number of carbonyl (C=O) groups excluding carboxylic acids is 1. The number of sulfonamides is 1. The second kappa shape index (κ2) is 8.62. The lowest BCUT2D eigenvalue weighted by Crippen LogP contribution is -2.27. The van der Waals surface area contributed by atoms with Gasteiger partial charge in [-0.3, -0.25) is 9.78 Å². The first kappa shape index (κ1) is 20.6. The fraction of sp³-hybridized carbons (Fsp3) is 0.143. The van der Waals surface area contributed by atoms with Gasteiger partial charge in [-0.25, -0.2) is 23.1 Å². The molecule has 158 valence electrons. The molecule has 0 bridgehead atoms. The van der Waals surface area contributed by atoms with Crippen molar-refractivity contribution in [1.29, 1.82) is 0 Å². The number of imidazole rings is 1. The summed E-state index contributed by atoms with van der Waals surface area (Å²) in [6.07, 6.45) is 5.04. The Balaban J connectivity index is 1.53. The smallest absolute Gasteiger partial charge is 0.240 e. The molecule has 1 aromatic carbocycles. The molecule has 0 radical (unpaired) electrons. The first-order valence-electron chi connectivity index (χ1n) is 9.53. The minimum atomic E-state index is -3.72. The molecule has 0 aliphatic carbocycles. The van der Waals surface area contributed by atoms with Gasteiger partial charge in [0, 0.05) is 49.9 Å². The molecule has 0 unspecified atom stereocenters. The number of benzene rings is 1. The highest BCUT2D eigenvalue weighted by Crippen LogP contribution is 2.23. The van der Waals surface area contributed by atoms with Gasteiger partial charge >= 0.3 is 0 Å². The zero-order chi connectivity index (χ0) is 21.8. The third-order valence-corrected chi connectivity index (χ3v) is 6.03. The van der Waals surface area contributed by atoms with Gasteiger partial charge in [-0.05, 0) is 48.5 Å². The van der Waals surface area contributed by atoms with E-state index in [0.717, 1.165) is 11.1 Å². The molecule has 3 aromatic heterocycles. The Kier molecular flexibility index (Phi) is 5.74. The fourth-order valence-electron chi connectivity index (χ4n) is 3.19. The first-order valence-corrected chi connectivity index (χ1v) is 11.0. The van der Waals surface area contributed by atoms with Crippen LogP contribution in [0, 0.1) is 0 Å². The normalized spacial score (nSPS) is 11.5. The molecule has 1 amide bonds. The van der Waals surface area contributed by atoms with Gasteiger partial charge in [0.25, 0.3) is 0 Å². The van der Waals surface area contributed by atoms with Crippen LogP contribution in [-0.4, -0.2) is 40.4 Å². The summed E-state index contributed by atoms with van der Waals surface area (Å²) in [6.45, 7) is 1.88. The van der Waals surface area contributed by atoms with Crippen molar-refractivity contribution in [3.8, 4) is 11.4 Å². The van der Waals surface area contributed by atoms with E-state index in [1.54, 1.807) is 30.7 Å². The number of amides is 1. The second-order valence-electron chi connectivity index (χ2n) is 6.77. The van der Waals surface area contributed by atoms with Gasteiger partial charge in [0.15, 0.2) is 5.65 Å². The molecule has 31 heavy (non-hydrogen) atoms. The Morgan fingerprint density at radius 2 is 1.77 bits per heavy atom. The fourth-order valence-corrected chi connectivity index (χ4v) is 4.21. The number of carbonyl (C=O) groups is 1. The third-order valence-electron chi connectivity index (χ3n) is 4.55. The van der Waals surface area contributed by atoms with Crippen LogP contribution in [0.3, 0.4) is 0 Å². The van der Waals surface area contributed by atoms with Gasteiger partial charge < -0.3 is 9.88 Å². The van der Waals surface area contributed by atoms with E-state index < -0.39 is 10.0 Å². The van der Waals surface area contributed by atoms with Crippen LogP contribution in [0.1, 0.15) is 6.92 Å². The number of pyridine rings is 2. The molecule has 0 spiro atoms. The van der Waals surface area contributed by atoms with Crippen molar-refractivity contribution in [1.82, 2.24) is 24.2 Å². The number of hydrogen-bond acceptors (Lipinski definition) is 6. The molecular formula is C21H20N6O3S. The van der Waals surface area contributed by atoms with E-state index in [9.17, 15) is 13.2 Å². The van der Waals surface area contributed by atoms with Crippen LogP contribution in [0.4, 0.5) is 5.69 Å². The summed E-state index contributed by atoms with van der Waals surface area (Å²) >= 11 is 0. The van der Waals surface area contributed by atoms with Gasteiger partial charge in [-0.15, -0.1) is 0 Å². The van der Waals surface area contributed by atoms with Crippen molar-refractivity contribution in [3.05, 3.63) is 67.1 Å². The van der Waals surface area contributed by atoms with E-state index in [-0.39, 0.29) is 17.3 Å². The quantitative estimate of drug-likeness (QED) is 0.459. The van der Waals surface area contributed by atoms with Crippen LogP contribution in [0.15, 0.2) is 72.0 Å². The molecule has 3 heterocycles.